The van der Waals surface area contributed by atoms with Crippen LogP contribution < -0.4 is 4.74 Å². The first-order valence-electron chi connectivity index (χ1n) is 4.94. The van der Waals surface area contributed by atoms with E-state index in [0.717, 1.165) is 16.0 Å². The second kappa shape index (κ2) is 4.63. The molecule has 0 aromatic carbocycles. The normalized spacial score (nSPS) is 12.4. The fourth-order valence-corrected chi connectivity index (χ4v) is 2.27. The molecule has 1 N–H and O–H groups in total. The SMILES string of the molecule is COc1ccc(C(O)c2ccsc2C)cn1. The van der Waals surface area contributed by atoms with E-state index in [9.17, 15) is 5.11 Å². The lowest BCUT2D eigenvalue weighted by atomic mass is 10.0. The summed E-state index contributed by atoms with van der Waals surface area (Å²) in [6, 6.07) is 5.52. The molecule has 0 saturated heterocycles. The first-order valence-corrected chi connectivity index (χ1v) is 5.82. The van der Waals surface area contributed by atoms with E-state index >= 15 is 0 Å². The van der Waals surface area contributed by atoms with Crippen LogP contribution in [0.25, 0.3) is 0 Å². The van der Waals surface area contributed by atoms with Crippen LogP contribution in [-0.4, -0.2) is 17.2 Å². The Labute approximate surface area is 98.4 Å². The highest BCUT2D eigenvalue weighted by Crippen LogP contribution is 2.27. The van der Waals surface area contributed by atoms with Gasteiger partial charge in [0.05, 0.1) is 7.11 Å². The molecule has 84 valence electrons. The van der Waals surface area contributed by atoms with E-state index < -0.39 is 6.10 Å². The summed E-state index contributed by atoms with van der Waals surface area (Å²) in [5, 5.41) is 12.1. The summed E-state index contributed by atoms with van der Waals surface area (Å²) in [4.78, 5) is 5.21. The Morgan fingerprint density at radius 2 is 2.19 bits per heavy atom. The summed E-state index contributed by atoms with van der Waals surface area (Å²) < 4.78 is 4.97. The predicted octanol–water partition coefficient (Wildman–Crippen LogP) is 2.54. The van der Waals surface area contributed by atoms with Crippen molar-refractivity contribution in [2.75, 3.05) is 7.11 Å². The van der Waals surface area contributed by atoms with Crippen LogP contribution in [0.2, 0.25) is 0 Å². The Morgan fingerprint density at radius 3 is 2.69 bits per heavy atom. The maximum absolute atomic E-state index is 10.2. The van der Waals surface area contributed by atoms with Crippen molar-refractivity contribution in [1.29, 1.82) is 0 Å². The third-order valence-electron chi connectivity index (χ3n) is 2.48. The monoisotopic (exact) mass is 235 g/mol. The number of hydrogen-bond acceptors (Lipinski definition) is 4. The number of ether oxygens (including phenoxy) is 1. The van der Waals surface area contributed by atoms with Gasteiger partial charge in [-0.1, -0.05) is 0 Å². The molecule has 2 aromatic rings. The maximum atomic E-state index is 10.2. The summed E-state index contributed by atoms with van der Waals surface area (Å²) in [6.45, 7) is 2.00. The zero-order valence-electron chi connectivity index (χ0n) is 9.18. The lowest BCUT2D eigenvalue weighted by molar-refractivity contribution is 0.219. The van der Waals surface area contributed by atoms with Crippen molar-refractivity contribution in [3.63, 3.8) is 0 Å². The number of aliphatic hydroxyl groups excluding tert-OH is 1. The van der Waals surface area contributed by atoms with Crippen LogP contribution in [0.5, 0.6) is 5.88 Å². The Balaban J connectivity index is 2.27. The van der Waals surface area contributed by atoms with Gasteiger partial charge in [-0.3, -0.25) is 0 Å². The highest BCUT2D eigenvalue weighted by atomic mass is 32.1. The number of aryl methyl sites for hydroxylation is 1. The quantitative estimate of drug-likeness (QED) is 0.889. The molecule has 1 unspecified atom stereocenters. The lowest BCUT2D eigenvalue weighted by Crippen LogP contribution is -2.00. The van der Waals surface area contributed by atoms with Gasteiger partial charge < -0.3 is 9.84 Å². The maximum Gasteiger partial charge on any atom is 0.212 e. The molecule has 0 aliphatic heterocycles. The minimum atomic E-state index is -0.607. The van der Waals surface area contributed by atoms with Gasteiger partial charge in [0.2, 0.25) is 5.88 Å². The number of nitrogens with zero attached hydrogens (tertiary/aromatic N) is 1. The molecule has 3 nitrogen and oxygen atoms in total. The minimum absolute atomic E-state index is 0.554. The van der Waals surface area contributed by atoms with Crippen LogP contribution in [0.4, 0.5) is 0 Å². The highest BCUT2D eigenvalue weighted by Gasteiger charge is 2.13. The van der Waals surface area contributed by atoms with Crippen LogP contribution in [-0.2, 0) is 0 Å². The van der Waals surface area contributed by atoms with E-state index in [2.05, 4.69) is 4.98 Å². The topological polar surface area (TPSA) is 42.4 Å². The van der Waals surface area contributed by atoms with Crippen molar-refractivity contribution in [2.24, 2.45) is 0 Å². The summed E-state index contributed by atoms with van der Waals surface area (Å²) in [5.41, 5.74) is 1.72. The molecule has 2 heterocycles. The number of thiophene rings is 1. The predicted molar refractivity (Wildman–Crippen MR) is 63.9 cm³/mol. The van der Waals surface area contributed by atoms with Gasteiger partial charge in [-0.2, -0.15) is 0 Å². The third-order valence-corrected chi connectivity index (χ3v) is 3.34. The number of aliphatic hydroxyl groups is 1. The number of hydrogen-bond donors (Lipinski definition) is 1. The van der Waals surface area contributed by atoms with Crippen molar-refractivity contribution < 1.29 is 9.84 Å². The van der Waals surface area contributed by atoms with Gasteiger partial charge in [-0.05, 0) is 30.0 Å². The molecule has 0 saturated carbocycles. The van der Waals surface area contributed by atoms with Crippen molar-refractivity contribution in [3.05, 3.63) is 45.8 Å². The molecule has 4 heteroatoms. The molecule has 0 aliphatic carbocycles. The van der Waals surface area contributed by atoms with Gasteiger partial charge in [-0.15, -0.1) is 11.3 Å². The van der Waals surface area contributed by atoms with Gasteiger partial charge in [-0.25, -0.2) is 4.98 Å². The second-order valence-corrected chi connectivity index (χ2v) is 4.59. The van der Waals surface area contributed by atoms with E-state index in [1.165, 1.54) is 0 Å². The average Bonchev–Trinajstić information content (AvgIpc) is 2.75. The summed E-state index contributed by atoms with van der Waals surface area (Å²) >= 11 is 1.63. The molecule has 1 atom stereocenters. The molecule has 2 rings (SSSR count). The van der Waals surface area contributed by atoms with Gasteiger partial charge in [0.25, 0.3) is 0 Å². The van der Waals surface area contributed by atoms with E-state index in [0.29, 0.717) is 5.88 Å². The molecule has 16 heavy (non-hydrogen) atoms. The van der Waals surface area contributed by atoms with Gasteiger partial charge in [0.1, 0.15) is 6.10 Å². The number of rotatable bonds is 3. The molecular weight excluding hydrogens is 222 g/mol. The summed E-state index contributed by atoms with van der Waals surface area (Å²) in [5.74, 6) is 0.554. The minimum Gasteiger partial charge on any atom is -0.481 e. The molecule has 0 amide bonds. The van der Waals surface area contributed by atoms with Crippen molar-refractivity contribution in [1.82, 2.24) is 4.98 Å². The molecule has 0 fully saturated rings. The summed E-state index contributed by atoms with van der Waals surface area (Å²) in [7, 11) is 1.57. The zero-order chi connectivity index (χ0) is 11.5. The third kappa shape index (κ3) is 2.08. The van der Waals surface area contributed by atoms with Crippen LogP contribution in [0.1, 0.15) is 22.1 Å². The largest absolute Gasteiger partial charge is 0.481 e. The molecule has 0 radical (unpaired) electrons. The van der Waals surface area contributed by atoms with Crippen LogP contribution in [0.3, 0.4) is 0 Å². The van der Waals surface area contributed by atoms with E-state index in [1.54, 1.807) is 30.7 Å². The molecule has 0 aliphatic rings. The Morgan fingerprint density at radius 1 is 1.38 bits per heavy atom. The Hall–Kier alpha value is -1.39. The number of pyridine rings is 1. The van der Waals surface area contributed by atoms with Crippen LogP contribution in [0.15, 0.2) is 29.8 Å². The molecule has 2 aromatic heterocycles. The molecular formula is C12H13NO2S. The van der Waals surface area contributed by atoms with E-state index in [1.807, 2.05) is 24.4 Å². The lowest BCUT2D eigenvalue weighted by Gasteiger charge is -2.10. The Bertz CT molecular complexity index is 464. The standard InChI is InChI=1S/C12H13NO2S/c1-8-10(5-6-16-8)12(14)9-3-4-11(15-2)13-7-9/h3-7,12,14H,1-2H3. The number of aromatic nitrogens is 1. The zero-order valence-corrected chi connectivity index (χ0v) is 9.99. The van der Waals surface area contributed by atoms with Crippen molar-refractivity contribution >= 4 is 11.3 Å². The summed E-state index contributed by atoms with van der Waals surface area (Å²) in [6.07, 6.45) is 1.03. The Kier molecular flexibility index (Phi) is 3.22. The first-order chi connectivity index (χ1) is 7.72. The fourth-order valence-electron chi connectivity index (χ4n) is 1.53. The van der Waals surface area contributed by atoms with E-state index in [4.69, 9.17) is 4.74 Å². The average molecular weight is 235 g/mol. The van der Waals surface area contributed by atoms with Crippen LogP contribution >= 0.6 is 11.3 Å². The highest BCUT2D eigenvalue weighted by molar-refractivity contribution is 7.10. The first kappa shape index (κ1) is 11.1. The second-order valence-electron chi connectivity index (χ2n) is 3.47. The molecule has 0 bridgehead atoms. The number of methoxy groups -OCH3 is 1. The van der Waals surface area contributed by atoms with E-state index in [-0.39, 0.29) is 0 Å². The van der Waals surface area contributed by atoms with Gasteiger partial charge in [0.15, 0.2) is 0 Å². The molecule has 0 spiro atoms. The van der Waals surface area contributed by atoms with Crippen molar-refractivity contribution in [3.8, 4) is 5.88 Å². The fraction of sp³-hybridized carbons (Fsp3) is 0.250. The van der Waals surface area contributed by atoms with Crippen LogP contribution in [0, 0.1) is 6.92 Å². The van der Waals surface area contributed by atoms with Crippen molar-refractivity contribution in [2.45, 2.75) is 13.0 Å². The smallest absolute Gasteiger partial charge is 0.212 e. The van der Waals surface area contributed by atoms with Gasteiger partial charge in [0, 0.05) is 22.7 Å². The van der Waals surface area contributed by atoms with Gasteiger partial charge >= 0.3 is 0 Å².